The van der Waals surface area contributed by atoms with Crippen LogP contribution >= 0.6 is 0 Å². The number of likely N-dealkylation sites (N-methyl/N-ethyl adjacent to an activating group) is 1. The molecule has 0 saturated carbocycles. The smallest absolute Gasteiger partial charge is 0.117 e. The van der Waals surface area contributed by atoms with E-state index in [1.165, 1.54) is 13.0 Å². The van der Waals surface area contributed by atoms with E-state index in [0.717, 1.165) is 25.4 Å². The van der Waals surface area contributed by atoms with E-state index in [0.29, 0.717) is 6.04 Å². The first kappa shape index (κ1) is 13.3. The van der Waals surface area contributed by atoms with Gasteiger partial charge in [-0.05, 0) is 38.6 Å². The van der Waals surface area contributed by atoms with Crippen molar-refractivity contribution in [2.24, 2.45) is 0 Å². The molecule has 0 saturated heterocycles. The maximum absolute atomic E-state index is 5.27. The Morgan fingerprint density at radius 2 is 2.25 bits per heavy atom. The van der Waals surface area contributed by atoms with Crippen molar-refractivity contribution in [1.82, 2.24) is 10.2 Å². The molecule has 0 aromatic carbocycles. The SMILES string of the molecule is CCCN(CC)C(C)CNCc1ccco1. The molecule has 3 nitrogen and oxygen atoms in total. The highest BCUT2D eigenvalue weighted by atomic mass is 16.3. The molecule has 92 valence electrons. The molecule has 16 heavy (non-hydrogen) atoms. The van der Waals surface area contributed by atoms with Crippen LogP contribution in [0.5, 0.6) is 0 Å². The minimum absolute atomic E-state index is 0.583. The van der Waals surface area contributed by atoms with Gasteiger partial charge in [0.05, 0.1) is 12.8 Å². The van der Waals surface area contributed by atoms with E-state index in [1.54, 1.807) is 6.26 Å². The van der Waals surface area contributed by atoms with Gasteiger partial charge in [0.15, 0.2) is 0 Å². The van der Waals surface area contributed by atoms with Crippen molar-refractivity contribution >= 4 is 0 Å². The minimum Gasteiger partial charge on any atom is -0.468 e. The maximum Gasteiger partial charge on any atom is 0.117 e. The lowest BCUT2D eigenvalue weighted by Crippen LogP contribution is -2.40. The normalized spacial score (nSPS) is 13.2. The maximum atomic E-state index is 5.27. The third kappa shape index (κ3) is 4.37. The number of hydrogen-bond donors (Lipinski definition) is 1. The molecule has 1 aromatic heterocycles. The zero-order valence-electron chi connectivity index (χ0n) is 10.7. The Morgan fingerprint density at radius 1 is 1.44 bits per heavy atom. The van der Waals surface area contributed by atoms with Crippen molar-refractivity contribution in [3.63, 3.8) is 0 Å². The average molecular weight is 224 g/mol. The van der Waals surface area contributed by atoms with Crippen molar-refractivity contribution in [3.05, 3.63) is 24.2 Å². The number of nitrogens with zero attached hydrogens (tertiary/aromatic N) is 1. The summed E-state index contributed by atoms with van der Waals surface area (Å²) in [5, 5.41) is 3.43. The van der Waals surface area contributed by atoms with E-state index in [2.05, 4.69) is 31.0 Å². The van der Waals surface area contributed by atoms with Crippen LogP contribution in [-0.4, -0.2) is 30.6 Å². The zero-order chi connectivity index (χ0) is 11.8. The van der Waals surface area contributed by atoms with Gasteiger partial charge in [-0.3, -0.25) is 4.90 Å². The fourth-order valence-corrected chi connectivity index (χ4v) is 1.92. The number of hydrogen-bond acceptors (Lipinski definition) is 3. The summed E-state index contributed by atoms with van der Waals surface area (Å²) in [7, 11) is 0. The zero-order valence-corrected chi connectivity index (χ0v) is 10.7. The predicted molar refractivity (Wildman–Crippen MR) is 67.4 cm³/mol. The lowest BCUT2D eigenvalue weighted by Gasteiger charge is -2.27. The van der Waals surface area contributed by atoms with E-state index in [9.17, 15) is 0 Å². The van der Waals surface area contributed by atoms with Crippen molar-refractivity contribution < 1.29 is 4.42 Å². The third-order valence-electron chi connectivity index (χ3n) is 2.86. The molecule has 1 unspecified atom stereocenters. The topological polar surface area (TPSA) is 28.4 Å². The summed E-state index contributed by atoms with van der Waals surface area (Å²) in [6.45, 7) is 10.9. The standard InChI is InChI=1S/C13H24N2O/c1-4-8-15(5-2)12(3)10-14-11-13-7-6-9-16-13/h6-7,9,12,14H,4-5,8,10-11H2,1-3H3. The number of rotatable bonds is 8. The lowest BCUT2D eigenvalue weighted by atomic mass is 10.2. The van der Waals surface area contributed by atoms with Crippen LogP contribution in [0.4, 0.5) is 0 Å². The Bertz CT molecular complexity index is 259. The molecule has 1 heterocycles. The summed E-state index contributed by atoms with van der Waals surface area (Å²) in [4.78, 5) is 2.50. The Balaban J connectivity index is 2.20. The summed E-state index contributed by atoms with van der Waals surface area (Å²) >= 11 is 0. The third-order valence-corrected chi connectivity index (χ3v) is 2.86. The minimum atomic E-state index is 0.583. The molecule has 0 radical (unpaired) electrons. The molecule has 1 rings (SSSR count). The molecular formula is C13H24N2O. The van der Waals surface area contributed by atoms with Gasteiger partial charge in [0, 0.05) is 12.6 Å². The highest BCUT2D eigenvalue weighted by molar-refractivity contribution is 4.97. The molecule has 1 atom stereocenters. The van der Waals surface area contributed by atoms with Crippen molar-refractivity contribution in [2.75, 3.05) is 19.6 Å². The first-order chi connectivity index (χ1) is 7.77. The van der Waals surface area contributed by atoms with Gasteiger partial charge in [-0.1, -0.05) is 13.8 Å². The molecule has 0 bridgehead atoms. The van der Waals surface area contributed by atoms with Gasteiger partial charge < -0.3 is 9.73 Å². The average Bonchev–Trinajstić information content (AvgIpc) is 2.78. The highest BCUT2D eigenvalue weighted by Crippen LogP contribution is 2.01. The fourth-order valence-electron chi connectivity index (χ4n) is 1.92. The molecule has 0 spiro atoms. The lowest BCUT2D eigenvalue weighted by molar-refractivity contribution is 0.214. The molecule has 0 fully saturated rings. The first-order valence-electron chi connectivity index (χ1n) is 6.25. The quantitative estimate of drug-likeness (QED) is 0.735. The molecule has 0 aliphatic rings. The summed E-state index contributed by atoms with van der Waals surface area (Å²) in [6, 6.07) is 4.51. The second-order valence-corrected chi connectivity index (χ2v) is 4.19. The van der Waals surface area contributed by atoms with Crippen molar-refractivity contribution in [1.29, 1.82) is 0 Å². The molecule has 0 amide bonds. The van der Waals surface area contributed by atoms with E-state index < -0.39 is 0 Å². The van der Waals surface area contributed by atoms with Crippen LogP contribution in [0.1, 0.15) is 33.0 Å². The Labute approximate surface area is 98.8 Å². The highest BCUT2D eigenvalue weighted by Gasteiger charge is 2.10. The number of furan rings is 1. The van der Waals surface area contributed by atoms with Crippen LogP contribution < -0.4 is 5.32 Å². The van der Waals surface area contributed by atoms with E-state index in [-0.39, 0.29) is 0 Å². The van der Waals surface area contributed by atoms with Crippen molar-refractivity contribution in [3.8, 4) is 0 Å². The number of nitrogens with one attached hydrogen (secondary N) is 1. The Kier molecular flexibility index (Phi) is 6.19. The van der Waals surface area contributed by atoms with Gasteiger partial charge in [-0.15, -0.1) is 0 Å². The molecular weight excluding hydrogens is 200 g/mol. The molecule has 1 aromatic rings. The predicted octanol–water partition coefficient (Wildman–Crippen LogP) is 2.49. The summed E-state index contributed by atoms with van der Waals surface area (Å²) < 4.78 is 5.27. The Hall–Kier alpha value is -0.800. The Morgan fingerprint density at radius 3 is 2.81 bits per heavy atom. The van der Waals surface area contributed by atoms with Gasteiger partial charge in [0.25, 0.3) is 0 Å². The van der Waals surface area contributed by atoms with Crippen LogP contribution in [0.15, 0.2) is 22.8 Å². The molecule has 0 aliphatic heterocycles. The summed E-state index contributed by atoms with van der Waals surface area (Å²) in [5.41, 5.74) is 0. The van der Waals surface area contributed by atoms with Gasteiger partial charge in [0.2, 0.25) is 0 Å². The van der Waals surface area contributed by atoms with E-state index in [4.69, 9.17) is 4.42 Å². The van der Waals surface area contributed by atoms with Gasteiger partial charge >= 0.3 is 0 Å². The van der Waals surface area contributed by atoms with Gasteiger partial charge in [-0.25, -0.2) is 0 Å². The molecule has 3 heteroatoms. The van der Waals surface area contributed by atoms with E-state index in [1.807, 2.05) is 12.1 Å². The largest absolute Gasteiger partial charge is 0.468 e. The first-order valence-corrected chi connectivity index (χ1v) is 6.25. The molecule has 0 aliphatic carbocycles. The second kappa shape index (κ2) is 7.47. The molecule has 1 N–H and O–H groups in total. The summed E-state index contributed by atoms with van der Waals surface area (Å²) in [6.07, 6.45) is 2.94. The van der Waals surface area contributed by atoms with Crippen LogP contribution in [0.3, 0.4) is 0 Å². The van der Waals surface area contributed by atoms with Gasteiger partial charge in [-0.2, -0.15) is 0 Å². The summed E-state index contributed by atoms with van der Waals surface area (Å²) in [5.74, 6) is 1.01. The van der Waals surface area contributed by atoms with Crippen LogP contribution in [0.25, 0.3) is 0 Å². The monoisotopic (exact) mass is 224 g/mol. The van der Waals surface area contributed by atoms with Crippen molar-refractivity contribution in [2.45, 2.75) is 39.8 Å². The van der Waals surface area contributed by atoms with Gasteiger partial charge in [0.1, 0.15) is 5.76 Å². The van der Waals surface area contributed by atoms with Crippen LogP contribution in [-0.2, 0) is 6.54 Å². The second-order valence-electron chi connectivity index (χ2n) is 4.19. The van der Waals surface area contributed by atoms with Crippen LogP contribution in [0, 0.1) is 0 Å². The van der Waals surface area contributed by atoms with Crippen LogP contribution in [0.2, 0.25) is 0 Å². The van der Waals surface area contributed by atoms with E-state index >= 15 is 0 Å². The fraction of sp³-hybridized carbons (Fsp3) is 0.692.